The summed E-state index contributed by atoms with van der Waals surface area (Å²) in [7, 11) is 0. The predicted octanol–water partition coefficient (Wildman–Crippen LogP) is 5.85. The van der Waals surface area contributed by atoms with Crippen molar-refractivity contribution in [2.24, 2.45) is 0 Å². The van der Waals surface area contributed by atoms with Crippen LogP contribution in [0.2, 0.25) is 0 Å². The molecule has 4 aromatic rings. The standard InChI is InChI=1S/C34H35FN6O2/c1-7-28(42)39-14-16-40(17-15-39)31-25-18-27(35)30(24-11-9-8-10-22(24)6)38-33(25)41(34(43)26(31)19-36)32-23(20(2)3)12-13-37-29(32)21(4)5/h7-13,18,20-21H,1,14-17H2,2-6H3. The molecule has 8 nitrogen and oxygen atoms in total. The smallest absolute Gasteiger partial charge is 0.276 e. The molecule has 0 N–H and O–H groups in total. The maximum atomic E-state index is 16.1. The number of pyridine rings is 3. The number of hydrogen-bond acceptors (Lipinski definition) is 6. The summed E-state index contributed by atoms with van der Waals surface area (Å²) in [6, 6.07) is 12.8. The number of piperazine rings is 1. The van der Waals surface area contributed by atoms with Crippen molar-refractivity contribution in [2.45, 2.75) is 46.5 Å². The van der Waals surface area contributed by atoms with E-state index >= 15 is 4.39 Å². The largest absolute Gasteiger partial charge is 0.366 e. The second-order valence-electron chi connectivity index (χ2n) is 11.4. The van der Waals surface area contributed by atoms with Crippen LogP contribution in [0.25, 0.3) is 28.0 Å². The Hall–Kier alpha value is -4.84. The normalized spacial score (nSPS) is 13.6. The summed E-state index contributed by atoms with van der Waals surface area (Å²) in [6.07, 6.45) is 3.00. The number of benzene rings is 1. The molecule has 4 heterocycles. The van der Waals surface area contributed by atoms with Crippen molar-refractivity contribution in [2.75, 3.05) is 31.1 Å². The molecule has 3 aromatic heterocycles. The number of amides is 1. The molecule has 0 radical (unpaired) electrons. The van der Waals surface area contributed by atoms with E-state index < -0.39 is 11.4 Å². The molecule has 1 saturated heterocycles. The number of rotatable bonds is 6. The first-order valence-electron chi connectivity index (χ1n) is 14.5. The van der Waals surface area contributed by atoms with Crippen LogP contribution in [0.1, 0.15) is 61.9 Å². The number of carbonyl (C=O) groups excluding carboxylic acids is 1. The van der Waals surface area contributed by atoms with E-state index in [-0.39, 0.29) is 34.6 Å². The van der Waals surface area contributed by atoms with Crippen LogP contribution in [0.4, 0.5) is 10.1 Å². The Morgan fingerprint density at radius 1 is 1.07 bits per heavy atom. The van der Waals surface area contributed by atoms with Gasteiger partial charge in [-0.05, 0) is 48.1 Å². The average molecular weight is 579 g/mol. The number of aryl methyl sites for hydroxylation is 1. The van der Waals surface area contributed by atoms with Gasteiger partial charge in [0.15, 0.2) is 5.65 Å². The lowest BCUT2D eigenvalue weighted by Crippen LogP contribution is -2.49. The van der Waals surface area contributed by atoms with Gasteiger partial charge in [-0.25, -0.2) is 9.37 Å². The third-order valence-corrected chi connectivity index (χ3v) is 8.05. The van der Waals surface area contributed by atoms with Crippen molar-refractivity contribution in [1.29, 1.82) is 5.26 Å². The molecule has 220 valence electrons. The third kappa shape index (κ3) is 5.18. The highest BCUT2D eigenvalue weighted by atomic mass is 19.1. The van der Waals surface area contributed by atoms with Crippen LogP contribution < -0.4 is 10.5 Å². The summed E-state index contributed by atoms with van der Waals surface area (Å²) in [5, 5.41) is 10.8. The monoisotopic (exact) mass is 578 g/mol. The van der Waals surface area contributed by atoms with E-state index in [9.17, 15) is 14.9 Å². The minimum Gasteiger partial charge on any atom is -0.366 e. The van der Waals surface area contributed by atoms with Crippen molar-refractivity contribution in [3.05, 3.63) is 93.8 Å². The van der Waals surface area contributed by atoms with Crippen LogP contribution in [-0.2, 0) is 4.79 Å². The van der Waals surface area contributed by atoms with Gasteiger partial charge in [0.05, 0.1) is 17.1 Å². The van der Waals surface area contributed by atoms with E-state index in [4.69, 9.17) is 4.98 Å². The summed E-state index contributed by atoms with van der Waals surface area (Å²) < 4.78 is 17.6. The number of hydrogen-bond donors (Lipinski definition) is 0. The minimum atomic E-state index is -0.558. The Labute approximate surface area is 250 Å². The molecular formula is C34H35FN6O2. The fourth-order valence-electron chi connectivity index (χ4n) is 5.83. The highest BCUT2D eigenvalue weighted by Crippen LogP contribution is 2.37. The highest BCUT2D eigenvalue weighted by molar-refractivity contribution is 5.96. The maximum Gasteiger partial charge on any atom is 0.276 e. The number of carbonyl (C=O) groups is 1. The summed E-state index contributed by atoms with van der Waals surface area (Å²) in [5.41, 5.74) is 3.64. The van der Waals surface area contributed by atoms with E-state index in [1.54, 1.807) is 17.2 Å². The molecule has 0 saturated carbocycles. The zero-order valence-electron chi connectivity index (χ0n) is 25.2. The first-order chi connectivity index (χ1) is 20.6. The molecule has 0 spiro atoms. The molecule has 1 aromatic carbocycles. The van der Waals surface area contributed by atoms with Crippen molar-refractivity contribution in [3.8, 4) is 23.0 Å². The Kier molecular flexibility index (Phi) is 8.14. The van der Waals surface area contributed by atoms with Gasteiger partial charge in [-0.15, -0.1) is 0 Å². The van der Waals surface area contributed by atoms with Crippen molar-refractivity contribution in [3.63, 3.8) is 0 Å². The van der Waals surface area contributed by atoms with Gasteiger partial charge >= 0.3 is 0 Å². The molecular weight excluding hydrogens is 543 g/mol. The van der Waals surface area contributed by atoms with Crippen LogP contribution >= 0.6 is 0 Å². The summed E-state index contributed by atoms with van der Waals surface area (Å²) >= 11 is 0. The molecule has 0 unspecified atom stereocenters. The number of fused-ring (bicyclic) bond motifs is 1. The fraction of sp³-hybridized carbons (Fsp3) is 0.324. The zero-order chi connectivity index (χ0) is 31.0. The first kappa shape index (κ1) is 29.6. The number of anilines is 1. The Balaban J connectivity index is 1.91. The van der Waals surface area contributed by atoms with Gasteiger partial charge < -0.3 is 9.80 Å². The molecule has 5 rings (SSSR count). The number of nitriles is 1. The lowest BCUT2D eigenvalue weighted by atomic mass is 9.96. The van der Waals surface area contributed by atoms with E-state index in [0.717, 1.165) is 11.1 Å². The first-order valence-corrected chi connectivity index (χ1v) is 14.5. The molecule has 1 aliphatic rings. The van der Waals surface area contributed by atoms with E-state index in [1.165, 1.54) is 16.7 Å². The van der Waals surface area contributed by atoms with E-state index in [1.807, 2.05) is 63.8 Å². The molecule has 0 atom stereocenters. The number of halogens is 1. The second-order valence-corrected chi connectivity index (χ2v) is 11.4. The molecule has 9 heteroatoms. The Morgan fingerprint density at radius 2 is 1.77 bits per heavy atom. The average Bonchev–Trinajstić information content (AvgIpc) is 3.00. The molecule has 43 heavy (non-hydrogen) atoms. The molecule has 0 bridgehead atoms. The van der Waals surface area contributed by atoms with Crippen molar-refractivity contribution in [1.82, 2.24) is 19.4 Å². The number of nitrogens with zero attached hydrogens (tertiary/aromatic N) is 6. The van der Waals surface area contributed by atoms with Gasteiger partial charge in [-0.2, -0.15) is 5.26 Å². The molecule has 1 fully saturated rings. The third-order valence-electron chi connectivity index (χ3n) is 8.05. The number of aromatic nitrogens is 3. The van der Waals surface area contributed by atoms with E-state index in [2.05, 4.69) is 17.6 Å². The van der Waals surface area contributed by atoms with Gasteiger partial charge in [0, 0.05) is 43.3 Å². The summed E-state index contributed by atoms with van der Waals surface area (Å²) in [4.78, 5) is 39.8. The topological polar surface area (TPSA) is 95.1 Å². The van der Waals surface area contributed by atoms with Crippen LogP contribution in [-0.4, -0.2) is 51.5 Å². The quantitative estimate of drug-likeness (QED) is 0.267. The highest BCUT2D eigenvalue weighted by Gasteiger charge is 2.30. The molecule has 0 aliphatic carbocycles. The van der Waals surface area contributed by atoms with Gasteiger partial charge in [0.1, 0.15) is 23.1 Å². The minimum absolute atomic E-state index is 0.0226. The van der Waals surface area contributed by atoms with Crippen molar-refractivity contribution >= 4 is 22.6 Å². The molecule has 1 amide bonds. The van der Waals surface area contributed by atoms with E-state index in [0.29, 0.717) is 54.2 Å². The van der Waals surface area contributed by atoms with Gasteiger partial charge in [-0.3, -0.25) is 19.1 Å². The lowest BCUT2D eigenvalue weighted by Gasteiger charge is -2.36. The predicted molar refractivity (Wildman–Crippen MR) is 167 cm³/mol. The SMILES string of the molecule is C=CC(=O)N1CCN(c2c(C#N)c(=O)n(-c3c(C(C)C)ccnc3C(C)C)c3nc(-c4ccccc4C)c(F)cc23)CC1. The van der Waals surface area contributed by atoms with Crippen LogP contribution in [0.15, 0.2) is 60.0 Å². The van der Waals surface area contributed by atoms with Crippen LogP contribution in [0, 0.1) is 24.1 Å². The maximum absolute atomic E-state index is 16.1. The van der Waals surface area contributed by atoms with Crippen molar-refractivity contribution < 1.29 is 9.18 Å². The van der Waals surface area contributed by atoms with Crippen LogP contribution in [0.5, 0.6) is 0 Å². The summed E-state index contributed by atoms with van der Waals surface area (Å²) in [6.45, 7) is 15.0. The zero-order valence-corrected chi connectivity index (χ0v) is 25.2. The Bertz CT molecular complexity index is 1820. The van der Waals surface area contributed by atoms with Gasteiger partial charge in [0.25, 0.3) is 5.56 Å². The summed E-state index contributed by atoms with van der Waals surface area (Å²) in [5.74, 6) is -0.769. The fourth-order valence-corrected chi connectivity index (χ4v) is 5.83. The molecule has 1 aliphatic heterocycles. The van der Waals surface area contributed by atoms with Gasteiger partial charge in [0.2, 0.25) is 5.91 Å². The van der Waals surface area contributed by atoms with Crippen LogP contribution in [0.3, 0.4) is 0 Å². The van der Waals surface area contributed by atoms with Gasteiger partial charge in [-0.1, -0.05) is 58.5 Å². The lowest BCUT2D eigenvalue weighted by molar-refractivity contribution is -0.126. The second kappa shape index (κ2) is 11.8. The Morgan fingerprint density at radius 3 is 2.37 bits per heavy atom.